The van der Waals surface area contributed by atoms with E-state index in [1.807, 2.05) is 44.3 Å². The highest BCUT2D eigenvalue weighted by atomic mass is 32.2. The van der Waals surface area contributed by atoms with Crippen molar-refractivity contribution in [3.05, 3.63) is 65.6 Å². The Balaban J connectivity index is 1.73. The first kappa shape index (κ1) is 23.7. The largest absolute Gasteiger partial charge is 0.381 e. The van der Waals surface area contributed by atoms with Gasteiger partial charge in [-0.25, -0.2) is 22.8 Å². The summed E-state index contributed by atoms with van der Waals surface area (Å²) in [5.74, 6) is 1.01. The van der Waals surface area contributed by atoms with Gasteiger partial charge in [-0.15, -0.1) is 5.10 Å². The van der Waals surface area contributed by atoms with Gasteiger partial charge in [-0.05, 0) is 43.4 Å². The lowest BCUT2D eigenvalue weighted by atomic mass is 9.86. The molecule has 2 aromatic carbocycles. The van der Waals surface area contributed by atoms with Crippen LogP contribution in [-0.2, 0) is 28.4 Å². The average Bonchev–Trinajstić information content (AvgIpc) is 3.37. The van der Waals surface area contributed by atoms with Gasteiger partial charge in [-0.3, -0.25) is 0 Å². The smallest absolute Gasteiger partial charge is 0.209 e. The second kappa shape index (κ2) is 9.52. The van der Waals surface area contributed by atoms with Crippen LogP contribution >= 0.6 is 0 Å². The van der Waals surface area contributed by atoms with E-state index in [0.717, 1.165) is 40.8 Å². The fraction of sp³-hybridized carbons (Fsp3) is 0.400. The monoisotopic (exact) mass is 494 g/mol. The van der Waals surface area contributed by atoms with Crippen molar-refractivity contribution in [2.75, 3.05) is 19.5 Å². The molecule has 1 aliphatic rings. The molecule has 0 radical (unpaired) electrons. The summed E-state index contributed by atoms with van der Waals surface area (Å²) in [5.41, 5.74) is 5.72. The zero-order valence-electron chi connectivity index (χ0n) is 20.2. The Kier molecular flexibility index (Phi) is 6.43. The van der Waals surface area contributed by atoms with Crippen LogP contribution < -0.4 is 4.72 Å². The van der Waals surface area contributed by atoms with Gasteiger partial charge in [0.25, 0.3) is 0 Å². The Morgan fingerprint density at radius 2 is 1.89 bits per heavy atom. The fourth-order valence-corrected chi connectivity index (χ4v) is 5.48. The van der Waals surface area contributed by atoms with Gasteiger partial charge in [-0.1, -0.05) is 41.6 Å². The van der Waals surface area contributed by atoms with Crippen LogP contribution in [0.15, 0.2) is 48.5 Å². The number of nitrogens with zero attached hydrogens (tertiary/aromatic N) is 5. The highest BCUT2D eigenvalue weighted by molar-refractivity contribution is 7.88. The van der Waals surface area contributed by atoms with Crippen molar-refractivity contribution >= 4 is 21.1 Å². The van der Waals surface area contributed by atoms with Gasteiger partial charge in [0.05, 0.1) is 41.3 Å². The van der Waals surface area contributed by atoms with Crippen LogP contribution in [0.5, 0.6) is 0 Å². The number of benzene rings is 2. The highest BCUT2D eigenvalue weighted by Gasteiger charge is 2.30. The van der Waals surface area contributed by atoms with Crippen LogP contribution in [-0.4, -0.2) is 52.4 Å². The number of nitrogens with one attached hydrogen (secondary N) is 1. The molecule has 1 saturated heterocycles. The van der Waals surface area contributed by atoms with Gasteiger partial charge < -0.3 is 9.30 Å². The van der Waals surface area contributed by atoms with Crippen molar-refractivity contribution in [3.63, 3.8) is 0 Å². The van der Waals surface area contributed by atoms with Crippen molar-refractivity contribution in [1.29, 1.82) is 0 Å². The predicted molar refractivity (Wildman–Crippen MR) is 134 cm³/mol. The molecule has 0 aliphatic carbocycles. The lowest BCUT2D eigenvalue weighted by molar-refractivity contribution is 0.0544. The first-order valence-electron chi connectivity index (χ1n) is 11.8. The minimum Gasteiger partial charge on any atom is -0.381 e. The third-order valence-electron chi connectivity index (χ3n) is 6.66. The molecule has 0 bridgehead atoms. The molecule has 5 rings (SSSR count). The fourth-order valence-electron chi connectivity index (χ4n) is 5.09. The lowest BCUT2D eigenvalue weighted by Gasteiger charge is -2.33. The van der Waals surface area contributed by atoms with E-state index >= 15 is 0 Å². The van der Waals surface area contributed by atoms with Gasteiger partial charge in [0, 0.05) is 25.8 Å². The Morgan fingerprint density at radius 3 is 2.54 bits per heavy atom. The zero-order valence-corrected chi connectivity index (χ0v) is 21.0. The molecular weight excluding hydrogens is 464 g/mol. The van der Waals surface area contributed by atoms with E-state index in [9.17, 15) is 8.42 Å². The summed E-state index contributed by atoms with van der Waals surface area (Å²) in [5, 5.41) is 8.38. The van der Waals surface area contributed by atoms with Crippen LogP contribution in [0.4, 0.5) is 0 Å². The normalized spacial score (nSPS) is 16.1. The standard InChI is InChI=1S/C25H30N6O3S/c1-17-24(30(2)29-28-17)20-9-10-21-22(15-20)31(23(27-21)16-26-35(3,32)33)25(18-7-5-4-6-8-18)19-11-13-34-14-12-19/h4-10,15,19,25-26H,11-14,16H2,1-3H3/t25-/m1/s1. The molecule has 3 heterocycles. The number of hydrogen-bond acceptors (Lipinski definition) is 6. The average molecular weight is 495 g/mol. The summed E-state index contributed by atoms with van der Waals surface area (Å²) < 4.78 is 36.3. The minimum absolute atomic E-state index is 0.0116. The SMILES string of the molecule is Cc1nnn(C)c1-c1ccc2nc(CNS(C)(=O)=O)n([C@H](c3ccccc3)C3CCOCC3)c2c1. The maximum absolute atomic E-state index is 12.0. The Morgan fingerprint density at radius 1 is 1.14 bits per heavy atom. The molecule has 1 aliphatic heterocycles. The Hall–Kier alpha value is -3.08. The van der Waals surface area contributed by atoms with E-state index in [4.69, 9.17) is 9.72 Å². The number of hydrogen-bond donors (Lipinski definition) is 1. The summed E-state index contributed by atoms with van der Waals surface area (Å²) in [6.07, 6.45) is 3.01. The van der Waals surface area contributed by atoms with Gasteiger partial charge in [0.1, 0.15) is 5.82 Å². The van der Waals surface area contributed by atoms with Crippen LogP contribution in [0.3, 0.4) is 0 Å². The number of aromatic nitrogens is 5. The highest BCUT2D eigenvalue weighted by Crippen LogP contribution is 2.38. The van der Waals surface area contributed by atoms with Crippen molar-refractivity contribution in [2.24, 2.45) is 13.0 Å². The van der Waals surface area contributed by atoms with E-state index < -0.39 is 10.0 Å². The summed E-state index contributed by atoms with van der Waals surface area (Å²) in [6.45, 7) is 3.48. The van der Waals surface area contributed by atoms with Crippen LogP contribution in [0.2, 0.25) is 0 Å². The van der Waals surface area contributed by atoms with Crippen LogP contribution in [0, 0.1) is 12.8 Å². The van der Waals surface area contributed by atoms with Gasteiger partial charge in [0.2, 0.25) is 10.0 Å². The Labute approximate surface area is 205 Å². The molecular formula is C25H30N6O3S. The number of rotatable bonds is 7. The second-order valence-corrected chi connectivity index (χ2v) is 11.0. The van der Waals surface area contributed by atoms with Crippen molar-refractivity contribution in [2.45, 2.75) is 32.4 Å². The number of ether oxygens (including phenoxy) is 1. The number of imidazole rings is 1. The molecule has 9 nitrogen and oxygen atoms in total. The van der Waals surface area contributed by atoms with E-state index in [1.54, 1.807) is 4.68 Å². The van der Waals surface area contributed by atoms with Gasteiger partial charge in [0.15, 0.2) is 0 Å². The first-order chi connectivity index (χ1) is 16.8. The molecule has 1 atom stereocenters. The third-order valence-corrected chi connectivity index (χ3v) is 7.32. The summed E-state index contributed by atoms with van der Waals surface area (Å²) in [4.78, 5) is 4.89. The van der Waals surface area contributed by atoms with Gasteiger partial charge in [-0.2, -0.15) is 0 Å². The second-order valence-electron chi connectivity index (χ2n) is 9.15. The summed E-state index contributed by atoms with van der Waals surface area (Å²) in [7, 11) is -1.51. The molecule has 35 heavy (non-hydrogen) atoms. The quantitative estimate of drug-likeness (QED) is 0.423. The molecule has 1 fully saturated rings. The maximum Gasteiger partial charge on any atom is 0.209 e. The van der Waals surface area contributed by atoms with E-state index in [2.05, 4.69) is 37.8 Å². The van der Waals surface area contributed by atoms with Crippen LogP contribution in [0.25, 0.3) is 22.3 Å². The molecule has 0 amide bonds. The predicted octanol–water partition coefficient (Wildman–Crippen LogP) is 3.21. The maximum atomic E-state index is 12.0. The molecule has 0 unspecified atom stereocenters. The van der Waals surface area contributed by atoms with Crippen molar-refractivity contribution < 1.29 is 13.2 Å². The van der Waals surface area contributed by atoms with E-state index in [1.165, 1.54) is 11.8 Å². The molecule has 1 N–H and O–H groups in total. The number of fused-ring (bicyclic) bond motifs is 1. The molecule has 10 heteroatoms. The number of aryl methyl sites for hydroxylation is 2. The number of sulfonamides is 1. The van der Waals surface area contributed by atoms with Gasteiger partial charge >= 0.3 is 0 Å². The summed E-state index contributed by atoms with van der Waals surface area (Å²) in [6, 6.07) is 16.5. The molecule has 0 spiro atoms. The Bertz CT molecular complexity index is 1420. The molecule has 184 valence electrons. The zero-order chi connectivity index (χ0) is 24.6. The third kappa shape index (κ3) is 4.86. The molecule has 4 aromatic rings. The summed E-state index contributed by atoms with van der Waals surface area (Å²) >= 11 is 0. The minimum atomic E-state index is -3.39. The van der Waals surface area contributed by atoms with Crippen molar-refractivity contribution in [1.82, 2.24) is 29.3 Å². The van der Waals surface area contributed by atoms with E-state index in [-0.39, 0.29) is 12.6 Å². The molecule has 0 saturated carbocycles. The lowest BCUT2D eigenvalue weighted by Crippen LogP contribution is -2.30. The molecule has 2 aromatic heterocycles. The van der Waals surface area contributed by atoms with Crippen LogP contribution in [0.1, 0.15) is 36.0 Å². The van der Waals surface area contributed by atoms with E-state index in [0.29, 0.717) is 25.0 Å². The van der Waals surface area contributed by atoms with Crippen molar-refractivity contribution in [3.8, 4) is 11.3 Å². The first-order valence-corrected chi connectivity index (χ1v) is 13.7. The topological polar surface area (TPSA) is 104 Å².